The largest absolute Gasteiger partial charge is 0.378 e. The second-order valence-corrected chi connectivity index (χ2v) is 5.62. The highest BCUT2D eigenvalue weighted by Crippen LogP contribution is 2.36. The van der Waals surface area contributed by atoms with E-state index in [2.05, 4.69) is 55.5 Å². The Balaban J connectivity index is 1.98. The molecule has 18 heavy (non-hydrogen) atoms. The quantitative estimate of drug-likeness (QED) is 0.791. The highest BCUT2D eigenvalue weighted by Gasteiger charge is 2.22. The molecule has 1 atom stereocenters. The summed E-state index contributed by atoms with van der Waals surface area (Å²) in [7, 11) is 4.17. The lowest BCUT2D eigenvalue weighted by atomic mass is 10.00. The van der Waals surface area contributed by atoms with Crippen LogP contribution in [-0.2, 0) is 0 Å². The summed E-state index contributed by atoms with van der Waals surface area (Å²) in [4.78, 5) is 2.15. The van der Waals surface area contributed by atoms with Crippen molar-refractivity contribution in [3.8, 4) is 0 Å². The SMILES string of the molecule is CCNC(CCC1CC1)c1ccc(N(C)C)cc1. The van der Waals surface area contributed by atoms with Crippen LogP contribution in [0, 0.1) is 5.92 Å². The normalized spacial score (nSPS) is 16.6. The summed E-state index contributed by atoms with van der Waals surface area (Å²) in [6, 6.07) is 9.52. The van der Waals surface area contributed by atoms with Gasteiger partial charge in [0.05, 0.1) is 0 Å². The number of benzene rings is 1. The first-order chi connectivity index (χ1) is 8.70. The summed E-state index contributed by atoms with van der Waals surface area (Å²) in [6.45, 7) is 3.24. The molecule has 1 unspecified atom stereocenters. The standard InChI is InChI=1S/C16H26N2/c1-4-17-16(12-7-13-5-6-13)14-8-10-15(11-9-14)18(2)3/h8-11,13,16-17H,4-7,12H2,1-3H3. The van der Waals surface area contributed by atoms with Gasteiger partial charge in [0.25, 0.3) is 0 Å². The minimum atomic E-state index is 0.534. The van der Waals surface area contributed by atoms with Gasteiger partial charge in [0.1, 0.15) is 0 Å². The number of hydrogen-bond donors (Lipinski definition) is 1. The van der Waals surface area contributed by atoms with Gasteiger partial charge < -0.3 is 10.2 Å². The van der Waals surface area contributed by atoms with E-state index in [1.807, 2.05) is 0 Å². The van der Waals surface area contributed by atoms with Crippen molar-refractivity contribution in [2.24, 2.45) is 5.92 Å². The summed E-state index contributed by atoms with van der Waals surface area (Å²) >= 11 is 0. The number of rotatable bonds is 7. The van der Waals surface area contributed by atoms with Crippen LogP contribution in [0.15, 0.2) is 24.3 Å². The van der Waals surface area contributed by atoms with E-state index in [0.717, 1.165) is 12.5 Å². The third-order valence-corrected chi connectivity index (χ3v) is 3.82. The summed E-state index contributed by atoms with van der Waals surface area (Å²) in [5, 5.41) is 3.62. The molecule has 0 aliphatic heterocycles. The molecule has 0 bridgehead atoms. The first kappa shape index (κ1) is 13.4. The van der Waals surface area contributed by atoms with E-state index in [0.29, 0.717) is 6.04 Å². The molecule has 1 aromatic carbocycles. The van der Waals surface area contributed by atoms with Crippen molar-refractivity contribution in [2.75, 3.05) is 25.5 Å². The Hall–Kier alpha value is -1.02. The molecule has 2 rings (SSSR count). The fourth-order valence-corrected chi connectivity index (χ4v) is 2.45. The van der Waals surface area contributed by atoms with Crippen LogP contribution in [0.1, 0.15) is 44.2 Å². The molecule has 100 valence electrons. The maximum Gasteiger partial charge on any atom is 0.0361 e. The lowest BCUT2D eigenvalue weighted by Crippen LogP contribution is -2.21. The summed E-state index contributed by atoms with van der Waals surface area (Å²) in [6.07, 6.45) is 5.57. The fraction of sp³-hybridized carbons (Fsp3) is 0.625. The van der Waals surface area contributed by atoms with Crippen LogP contribution in [-0.4, -0.2) is 20.6 Å². The van der Waals surface area contributed by atoms with Crippen LogP contribution in [0.5, 0.6) is 0 Å². The van der Waals surface area contributed by atoms with E-state index in [9.17, 15) is 0 Å². The van der Waals surface area contributed by atoms with Gasteiger partial charge in [-0.1, -0.05) is 31.9 Å². The lowest BCUT2D eigenvalue weighted by Gasteiger charge is -2.20. The van der Waals surface area contributed by atoms with Crippen LogP contribution in [0.2, 0.25) is 0 Å². The van der Waals surface area contributed by atoms with Gasteiger partial charge in [-0.2, -0.15) is 0 Å². The average molecular weight is 246 g/mol. The van der Waals surface area contributed by atoms with E-state index in [4.69, 9.17) is 0 Å². The van der Waals surface area contributed by atoms with Crippen molar-refractivity contribution in [1.82, 2.24) is 5.32 Å². The van der Waals surface area contributed by atoms with Crippen molar-refractivity contribution in [2.45, 2.75) is 38.6 Å². The molecule has 0 aromatic heterocycles. The zero-order valence-electron chi connectivity index (χ0n) is 11.9. The fourth-order valence-electron chi connectivity index (χ4n) is 2.45. The molecule has 1 aromatic rings. The number of nitrogens with zero attached hydrogens (tertiary/aromatic N) is 1. The van der Waals surface area contributed by atoms with E-state index >= 15 is 0 Å². The molecule has 0 heterocycles. The highest BCUT2D eigenvalue weighted by atomic mass is 15.1. The van der Waals surface area contributed by atoms with Crippen LogP contribution in [0.3, 0.4) is 0 Å². The molecule has 1 aliphatic rings. The monoisotopic (exact) mass is 246 g/mol. The van der Waals surface area contributed by atoms with Crippen LogP contribution >= 0.6 is 0 Å². The van der Waals surface area contributed by atoms with Gasteiger partial charge in [0.2, 0.25) is 0 Å². The molecule has 0 spiro atoms. The maximum atomic E-state index is 3.62. The second-order valence-electron chi connectivity index (χ2n) is 5.62. The average Bonchev–Trinajstić information content (AvgIpc) is 3.18. The van der Waals surface area contributed by atoms with Gasteiger partial charge in [-0.05, 0) is 43.0 Å². The number of nitrogens with one attached hydrogen (secondary N) is 1. The predicted molar refractivity (Wildman–Crippen MR) is 79.1 cm³/mol. The Morgan fingerprint density at radius 3 is 2.39 bits per heavy atom. The van der Waals surface area contributed by atoms with Gasteiger partial charge >= 0.3 is 0 Å². The van der Waals surface area contributed by atoms with Gasteiger partial charge in [-0.15, -0.1) is 0 Å². The Morgan fingerprint density at radius 2 is 1.89 bits per heavy atom. The van der Waals surface area contributed by atoms with E-state index in [1.54, 1.807) is 0 Å². The van der Waals surface area contributed by atoms with Crippen molar-refractivity contribution in [1.29, 1.82) is 0 Å². The molecular formula is C16H26N2. The summed E-state index contributed by atoms with van der Waals surface area (Å²) < 4.78 is 0. The van der Waals surface area contributed by atoms with E-state index in [-0.39, 0.29) is 0 Å². The van der Waals surface area contributed by atoms with Crippen molar-refractivity contribution < 1.29 is 0 Å². The van der Waals surface area contributed by atoms with E-state index in [1.165, 1.54) is 36.9 Å². The van der Waals surface area contributed by atoms with Crippen molar-refractivity contribution >= 4 is 5.69 Å². The number of hydrogen-bond acceptors (Lipinski definition) is 2. The first-order valence-electron chi connectivity index (χ1n) is 7.21. The highest BCUT2D eigenvalue weighted by molar-refractivity contribution is 5.46. The Labute approximate surface area is 111 Å². The second kappa shape index (κ2) is 6.24. The molecule has 1 fully saturated rings. The molecule has 0 radical (unpaired) electrons. The van der Waals surface area contributed by atoms with Crippen molar-refractivity contribution in [3.05, 3.63) is 29.8 Å². The Morgan fingerprint density at radius 1 is 1.22 bits per heavy atom. The van der Waals surface area contributed by atoms with Crippen LogP contribution < -0.4 is 10.2 Å². The third kappa shape index (κ3) is 3.74. The summed E-state index contributed by atoms with van der Waals surface area (Å²) in [5.41, 5.74) is 2.71. The summed E-state index contributed by atoms with van der Waals surface area (Å²) in [5.74, 6) is 1.02. The minimum absolute atomic E-state index is 0.534. The van der Waals surface area contributed by atoms with Crippen LogP contribution in [0.25, 0.3) is 0 Å². The van der Waals surface area contributed by atoms with Gasteiger partial charge in [0, 0.05) is 25.8 Å². The van der Waals surface area contributed by atoms with Gasteiger partial charge in [-0.25, -0.2) is 0 Å². The number of anilines is 1. The topological polar surface area (TPSA) is 15.3 Å². The Kier molecular flexibility index (Phi) is 4.65. The van der Waals surface area contributed by atoms with Gasteiger partial charge in [0.15, 0.2) is 0 Å². The molecule has 0 saturated heterocycles. The molecule has 1 aliphatic carbocycles. The molecular weight excluding hydrogens is 220 g/mol. The molecule has 0 amide bonds. The van der Waals surface area contributed by atoms with Crippen LogP contribution in [0.4, 0.5) is 5.69 Å². The molecule has 2 nitrogen and oxygen atoms in total. The minimum Gasteiger partial charge on any atom is -0.378 e. The Bertz CT molecular complexity index is 352. The van der Waals surface area contributed by atoms with E-state index < -0.39 is 0 Å². The zero-order chi connectivity index (χ0) is 13.0. The molecule has 1 N–H and O–H groups in total. The smallest absolute Gasteiger partial charge is 0.0361 e. The maximum absolute atomic E-state index is 3.62. The van der Waals surface area contributed by atoms with Crippen molar-refractivity contribution in [3.63, 3.8) is 0 Å². The first-order valence-corrected chi connectivity index (χ1v) is 7.21. The van der Waals surface area contributed by atoms with Gasteiger partial charge in [-0.3, -0.25) is 0 Å². The third-order valence-electron chi connectivity index (χ3n) is 3.82. The lowest BCUT2D eigenvalue weighted by molar-refractivity contribution is 0.482. The zero-order valence-corrected chi connectivity index (χ0v) is 11.9. The molecule has 1 saturated carbocycles. The molecule has 2 heteroatoms. The predicted octanol–water partition coefficient (Wildman–Crippen LogP) is 3.59.